The van der Waals surface area contributed by atoms with Crippen LogP contribution in [0.3, 0.4) is 0 Å². The molecular weight excluding hydrogens is 1350 g/mol. The van der Waals surface area contributed by atoms with Crippen molar-refractivity contribution in [2.45, 2.75) is 401 Å². The van der Waals surface area contributed by atoms with Gasteiger partial charge in [0.2, 0.25) is 0 Å². The third-order valence-corrected chi connectivity index (χ3v) is 28.6. The Balaban J connectivity index is 1.18. The minimum absolute atomic E-state index is 0.250. The summed E-state index contributed by atoms with van der Waals surface area (Å²) in [5.41, 5.74) is 2.22. The fourth-order valence-electron chi connectivity index (χ4n) is 17.7. The van der Waals surface area contributed by atoms with E-state index < -0.39 is 0 Å². The highest BCUT2D eigenvalue weighted by Gasteiger charge is 2.46. The number of aryl methyl sites for hydroxylation is 4. The third kappa shape index (κ3) is 21.2. The molecule has 0 unspecified atom stereocenters. The molecule has 0 atom stereocenters. The molecule has 2 aliphatic rings. The highest BCUT2D eigenvalue weighted by Crippen LogP contribution is 2.56. The Bertz CT molecular complexity index is 3510. The van der Waals surface area contributed by atoms with Gasteiger partial charge < -0.3 is 0 Å². The number of hydrogen-bond donors (Lipinski definition) is 0. The first-order chi connectivity index (χ1) is 51.2. The quantitative estimate of drug-likeness (QED) is 0.0216. The van der Waals surface area contributed by atoms with Crippen molar-refractivity contribution in [3.05, 3.63) is 66.0 Å². The second-order valence-corrected chi connectivity index (χ2v) is 36.9. The third-order valence-electron chi connectivity index (χ3n) is 23.8. The minimum atomic E-state index is -0.250. The average molecular weight is 1490 g/mol. The molecule has 0 radical (unpaired) electrons. The number of hydrogen-bond acceptors (Lipinski definition) is 8. The summed E-state index contributed by atoms with van der Waals surface area (Å²) in [6.45, 7) is 14.4. The van der Waals surface area contributed by atoms with E-state index in [4.69, 9.17) is 0 Å². The second-order valence-electron chi connectivity index (χ2n) is 32.4. The lowest BCUT2D eigenvalue weighted by atomic mass is 9.78. The van der Waals surface area contributed by atoms with Crippen LogP contribution in [-0.2, 0) is 25.7 Å². The molecule has 0 spiro atoms. The fraction of sp³-hybridized carbons (Fsp3) is 0.681. The van der Waals surface area contributed by atoms with Gasteiger partial charge in [0.05, 0.1) is 22.3 Å². The first kappa shape index (κ1) is 82.3. The van der Waals surface area contributed by atoms with Crippen LogP contribution >= 0.6 is 45.3 Å². The van der Waals surface area contributed by atoms with Crippen molar-refractivity contribution >= 4 is 142 Å². The molecule has 8 aromatic rings. The van der Waals surface area contributed by atoms with Crippen molar-refractivity contribution in [1.29, 1.82) is 0 Å². The van der Waals surface area contributed by atoms with Crippen LogP contribution in [-0.4, -0.2) is 46.5 Å². The molecule has 0 N–H and O–H groups in total. The molecular formula is C94H138N2O4S4. The summed E-state index contributed by atoms with van der Waals surface area (Å²) in [5, 5.41) is 9.26. The molecule has 6 heterocycles. The summed E-state index contributed by atoms with van der Waals surface area (Å²) in [6.07, 6.45) is 67.7. The van der Waals surface area contributed by atoms with Crippen LogP contribution in [0.25, 0.3) is 72.7 Å². The Morgan fingerprint density at radius 2 is 0.375 bits per heavy atom. The van der Waals surface area contributed by atoms with Crippen LogP contribution in [0.1, 0.15) is 436 Å². The predicted octanol–water partition coefficient (Wildman–Crippen LogP) is 31.8. The molecule has 4 amide bonds. The summed E-state index contributed by atoms with van der Waals surface area (Å²) in [4.78, 5) is 75.6. The zero-order valence-electron chi connectivity index (χ0n) is 66.5. The van der Waals surface area contributed by atoms with Crippen molar-refractivity contribution in [2.24, 2.45) is 0 Å². The van der Waals surface area contributed by atoms with Crippen molar-refractivity contribution in [3.8, 4) is 0 Å². The first-order valence-corrected chi connectivity index (χ1v) is 47.5. The normalized spacial score (nSPS) is 13.4. The van der Waals surface area contributed by atoms with Crippen LogP contribution in [0.4, 0.5) is 0 Å². The minimum Gasteiger partial charge on any atom is -0.274 e. The molecule has 10 rings (SSSR count). The zero-order valence-corrected chi connectivity index (χ0v) is 69.7. The van der Waals surface area contributed by atoms with Crippen LogP contribution in [0.5, 0.6) is 0 Å². The molecule has 4 aromatic carbocycles. The van der Waals surface area contributed by atoms with E-state index in [1.807, 2.05) is 45.3 Å². The number of imide groups is 2. The largest absolute Gasteiger partial charge is 0.274 e. The lowest BCUT2D eigenvalue weighted by molar-refractivity contribution is 0.0590. The summed E-state index contributed by atoms with van der Waals surface area (Å²) < 4.78 is 4.27. The average Bonchev–Trinajstić information content (AvgIpc) is 1.06. The maximum absolute atomic E-state index is 16.7. The van der Waals surface area contributed by atoms with Gasteiger partial charge in [-0.1, -0.05) is 337 Å². The number of thiophene rings is 4. The Hall–Kier alpha value is -4.22. The van der Waals surface area contributed by atoms with Crippen LogP contribution in [0, 0.1) is 0 Å². The number of carbonyl (C=O) groups excluding carboxylic acids is 4. The van der Waals surface area contributed by atoms with Gasteiger partial charge in [-0.25, -0.2) is 0 Å². The summed E-state index contributed by atoms with van der Waals surface area (Å²) in [5.74, 6) is -1.00. The van der Waals surface area contributed by atoms with Crippen molar-refractivity contribution < 1.29 is 19.2 Å². The van der Waals surface area contributed by atoms with E-state index in [1.54, 1.807) is 9.80 Å². The number of benzene rings is 4. The highest BCUT2D eigenvalue weighted by molar-refractivity contribution is 7.23. The van der Waals surface area contributed by atoms with Gasteiger partial charge in [-0.3, -0.25) is 29.0 Å². The summed E-state index contributed by atoms with van der Waals surface area (Å²) in [7, 11) is 0. The van der Waals surface area contributed by atoms with Gasteiger partial charge in [-0.15, -0.1) is 45.3 Å². The Morgan fingerprint density at radius 3 is 0.558 bits per heavy atom. The molecule has 0 saturated heterocycles. The number of nitrogens with zero attached hydrogens (tertiary/aromatic N) is 2. The molecule has 0 saturated carbocycles. The van der Waals surface area contributed by atoms with E-state index in [1.165, 1.54) is 285 Å². The molecule has 0 fully saturated rings. The predicted molar refractivity (Wildman–Crippen MR) is 460 cm³/mol. The van der Waals surface area contributed by atoms with E-state index >= 15 is 19.2 Å². The smallest absolute Gasteiger partial charge is 0.262 e. The lowest BCUT2D eigenvalue weighted by Crippen LogP contribution is -2.44. The van der Waals surface area contributed by atoms with Crippen molar-refractivity contribution in [3.63, 3.8) is 0 Å². The topological polar surface area (TPSA) is 74.8 Å². The van der Waals surface area contributed by atoms with Gasteiger partial charge in [-0.05, 0) is 88.5 Å². The maximum atomic E-state index is 16.7. The molecule has 4 aromatic heterocycles. The van der Waals surface area contributed by atoms with Gasteiger partial charge in [-0.2, -0.15) is 0 Å². The molecule has 6 nitrogen and oxygen atoms in total. The summed E-state index contributed by atoms with van der Waals surface area (Å²) >= 11 is 7.36. The SMILES string of the molecule is CCCCCCCCCCCCc1cc2c3cc(CCCCCCCCCCCC)sc3c3c4c5c(c6c7sc(CCCCCCCCCCCC)cc7c7cc(CCCCCCCCCCCC)sc7c6c6c5c(c3c2s1)C(=O)N(CCCCCCCC)C6=O)C(=O)N(CCCCCCCC)C4=O. The van der Waals surface area contributed by atoms with E-state index in [9.17, 15) is 0 Å². The van der Waals surface area contributed by atoms with E-state index in [0.29, 0.717) is 46.1 Å². The maximum Gasteiger partial charge on any atom is 0.262 e. The zero-order chi connectivity index (χ0) is 72.8. The number of amides is 4. The molecule has 10 heteroatoms. The number of carbonyl (C=O) groups is 4. The van der Waals surface area contributed by atoms with Crippen molar-refractivity contribution in [2.75, 3.05) is 13.1 Å². The van der Waals surface area contributed by atoms with E-state index in [0.717, 1.165) is 156 Å². The van der Waals surface area contributed by atoms with Gasteiger partial charge in [0, 0.05) is 105 Å². The first-order valence-electron chi connectivity index (χ1n) is 44.2. The number of fused-ring (bicyclic) bond motifs is 16. The van der Waals surface area contributed by atoms with Crippen LogP contribution in [0.15, 0.2) is 24.3 Å². The molecule has 572 valence electrons. The standard InChI is InChI=1S/C94H138N2O4S4/c1-7-13-19-25-31-35-39-43-47-53-59-69-65-73-74-66-70(60-54-48-44-40-36-32-26-20-14-8-2)102-88(74)80-79(87(73)101-69)83-77-78-84(80)92(98)96(64-58-52-30-24-18-12-6)94(100)86(78)82-81(85(77)93(99)95(91(83)97)63-57-51-29-23-17-11-5)89-75(67-71(103-89)61-55-49-45-41-37-33-27-21-15-9-3)76-68-72(104-90(76)82)62-56-50-46-42-38-34-28-22-16-10-4/h65-68H,7-64H2,1-6H3. The Morgan fingerprint density at radius 1 is 0.212 bits per heavy atom. The molecule has 0 aliphatic carbocycles. The van der Waals surface area contributed by atoms with E-state index in [-0.39, 0.29) is 23.6 Å². The number of unbranched alkanes of at least 4 members (excludes halogenated alkanes) is 46. The second kappa shape index (κ2) is 44.4. The van der Waals surface area contributed by atoms with Gasteiger partial charge >= 0.3 is 0 Å². The van der Waals surface area contributed by atoms with Crippen LogP contribution < -0.4 is 0 Å². The molecule has 104 heavy (non-hydrogen) atoms. The number of rotatable bonds is 58. The monoisotopic (exact) mass is 1490 g/mol. The lowest BCUT2D eigenvalue weighted by Gasteiger charge is -2.35. The van der Waals surface area contributed by atoms with Gasteiger partial charge in [0.1, 0.15) is 0 Å². The Labute approximate surface area is 646 Å². The summed E-state index contributed by atoms with van der Waals surface area (Å²) in [6, 6.07) is 9.88. The molecule has 0 bridgehead atoms. The highest BCUT2D eigenvalue weighted by atomic mass is 32.1. The van der Waals surface area contributed by atoms with E-state index in [2.05, 4.69) is 65.8 Å². The van der Waals surface area contributed by atoms with Crippen LogP contribution in [0.2, 0.25) is 0 Å². The fourth-order valence-corrected chi connectivity index (χ4v) is 22.8. The van der Waals surface area contributed by atoms with Gasteiger partial charge in [0.25, 0.3) is 23.6 Å². The van der Waals surface area contributed by atoms with Gasteiger partial charge in [0.15, 0.2) is 0 Å². The van der Waals surface area contributed by atoms with Crippen molar-refractivity contribution in [1.82, 2.24) is 9.80 Å². The molecule has 2 aliphatic heterocycles. The Kier molecular flexibility index (Phi) is 35.2.